The highest BCUT2D eigenvalue weighted by atomic mass is 79.9. The number of nitrogens with zero attached hydrogens (tertiary/aromatic N) is 2. The zero-order chi connectivity index (χ0) is 14.8. The van der Waals surface area contributed by atoms with E-state index in [9.17, 15) is 8.42 Å². The minimum absolute atomic E-state index is 0.335. The van der Waals surface area contributed by atoms with Gasteiger partial charge in [0.05, 0.1) is 4.90 Å². The highest BCUT2D eigenvalue weighted by Gasteiger charge is 2.35. The summed E-state index contributed by atoms with van der Waals surface area (Å²) < 4.78 is 27.6. The van der Waals surface area contributed by atoms with Crippen LogP contribution in [0, 0.1) is 0 Å². The molecule has 2 rings (SSSR count). The van der Waals surface area contributed by atoms with Gasteiger partial charge in [0.15, 0.2) is 0 Å². The Kier molecular flexibility index (Phi) is 5.23. The molecule has 1 aromatic rings. The van der Waals surface area contributed by atoms with Gasteiger partial charge in [-0.1, -0.05) is 26.0 Å². The highest BCUT2D eigenvalue weighted by Crippen LogP contribution is 2.28. The van der Waals surface area contributed by atoms with Gasteiger partial charge < -0.3 is 0 Å². The third-order valence-electron chi connectivity index (χ3n) is 3.91. The van der Waals surface area contributed by atoms with Gasteiger partial charge in [-0.05, 0) is 47.6 Å². The Balaban J connectivity index is 2.19. The number of rotatable bonds is 5. The molecule has 1 aliphatic heterocycles. The van der Waals surface area contributed by atoms with Gasteiger partial charge in [-0.15, -0.1) is 0 Å². The molecular formula is C14H21BrN2O2S. The second-order valence-electron chi connectivity index (χ2n) is 4.96. The average Bonchev–Trinajstić information content (AvgIpc) is 2.91. The lowest BCUT2D eigenvalue weighted by molar-refractivity contribution is 0.224. The lowest BCUT2D eigenvalue weighted by atomic mass is 10.2. The molecule has 1 aromatic carbocycles. The summed E-state index contributed by atoms with van der Waals surface area (Å²) in [6, 6.07) is 7.35. The van der Waals surface area contributed by atoms with E-state index >= 15 is 0 Å². The molecule has 0 N–H and O–H groups in total. The number of benzene rings is 1. The SMILES string of the molecule is CCN(CC)C1CCN(S(=O)(=O)c2ccccc2Br)C1. The van der Waals surface area contributed by atoms with Crippen LogP contribution in [-0.2, 0) is 10.0 Å². The van der Waals surface area contributed by atoms with Crippen LogP contribution in [0.15, 0.2) is 33.6 Å². The van der Waals surface area contributed by atoms with Crippen molar-refractivity contribution < 1.29 is 8.42 Å². The van der Waals surface area contributed by atoms with E-state index in [1.807, 2.05) is 6.07 Å². The highest BCUT2D eigenvalue weighted by molar-refractivity contribution is 9.10. The molecular weight excluding hydrogens is 340 g/mol. The molecule has 0 bridgehead atoms. The van der Waals surface area contributed by atoms with Crippen molar-refractivity contribution in [3.63, 3.8) is 0 Å². The van der Waals surface area contributed by atoms with Crippen molar-refractivity contribution in [2.45, 2.75) is 31.2 Å². The normalized spacial score (nSPS) is 20.7. The van der Waals surface area contributed by atoms with Crippen LogP contribution in [0.4, 0.5) is 0 Å². The van der Waals surface area contributed by atoms with Gasteiger partial charge in [-0.2, -0.15) is 4.31 Å². The molecule has 1 atom stereocenters. The summed E-state index contributed by atoms with van der Waals surface area (Å²) in [5.41, 5.74) is 0. The molecule has 1 aliphatic rings. The van der Waals surface area contributed by atoms with E-state index in [4.69, 9.17) is 0 Å². The third-order valence-corrected chi connectivity index (χ3v) is 6.79. The average molecular weight is 361 g/mol. The fourth-order valence-electron chi connectivity index (χ4n) is 2.76. The summed E-state index contributed by atoms with van der Waals surface area (Å²) in [5.74, 6) is 0. The molecule has 0 saturated carbocycles. The molecule has 4 nitrogen and oxygen atoms in total. The number of hydrogen-bond acceptors (Lipinski definition) is 3. The van der Waals surface area contributed by atoms with Gasteiger partial charge in [-0.25, -0.2) is 8.42 Å². The maximum atomic E-state index is 12.7. The zero-order valence-corrected chi connectivity index (χ0v) is 14.3. The zero-order valence-electron chi connectivity index (χ0n) is 11.9. The van der Waals surface area contributed by atoms with Crippen molar-refractivity contribution in [3.05, 3.63) is 28.7 Å². The predicted molar refractivity (Wildman–Crippen MR) is 84.2 cm³/mol. The van der Waals surface area contributed by atoms with Gasteiger partial charge in [0, 0.05) is 23.6 Å². The lowest BCUT2D eigenvalue weighted by Gasteiger charge is -2.26. The molecule has 0 aromatic heterocycles. The van der Waals surface area contributed by atoms with Crippen molar-refractivity contribution >= 4 is 26.0 Å². The van der Waals surface area contributed by atoms with Crippen molar-refractivity contribution in [1.29, 1.82) is 0 Å². The largest absolute Gasteiger partial charge is 0.300 e. The van der Waals surface area contributed by atoms with Crippen LogP contribution >= 0.6 is 15.9 Å². The predicted octanol–water partition coefficient (Wildman–Crippen LogP) is 2.55. The first-order valence-electron chi connectivity index (χ1n) is 6.99. The lowest BCUT2D eigenvalue weighted by Crippen LogP contribution is -2.38. The quantitative estimate of drug-likeness (QED) is 0.809. The van der Waals surface area contributed by atoms with Crippen LogP contribution in [0.5, 0.6) is 0 Å². The molecule has 20 heavy (non-hydrogen) atoms. The number of likely N-dealkylation sites (N-methyl/N-ethyl adjacent to an activating group) is 1. The molecule has 1 unspecified atom stereocenters. The molecule has 112 valence electrons. The fraction of sp³-hybridized carbons (Fsp3) is 0.571. The molecule has 0 amide bonds. The van der Waals surface area contributed by atoms with E-state index in [0.29, 0.717) is 28.5 Å². The third kappa shape index (κ3) is 3.08. The minimum atomic E-state index is -3.39. The van der Waals surface area contributed by atoms with Crippen molar-refractivity contribution in [1.82, 2.24) is 9.21 Å². The van der Waals surface area contributed by atoms with Crippen LogP contribution in [0.3, 0.4) is 0 Å². The molecule has 1 fully saturated rings. The van der Waals surface area contributed by atoms with E-state index < -0.39 is 10.0 Å². The van der Waals surface area contributed by atoms with E-state index in [-0.39, 0.29) is 0 Å². The second-order valence-corrected chi connectivity index (χ2v) is 7.72. The number of hydrogen-bond donors (Lipinski definition) is 0. The van der Waals surface area contributed by atoms with Gasteiger partial charge in [0.1, 0.15) is 0 Å². The van der Waals surface area contributed by atoms with E-state index in [1.54, 1.807) is 22.5 Å². The minimum Gasteiger partial charge on any atom is -0.300 e. The van der Waals surface area contributed by atoms with Crippen LogP contribution in [0.2, 0.25) is 0 Å². The summed E-state index contributed by atoms with van der Waals surface area (Å²) in [7, 11) is -3.39. The van der Waals surface area contributed by atoms with Gasteiger partial charge >= 0.3 is 0 Å². The molecule has 0 radical (unpaired) electrons. The van der Waals surface area contributed by atoms with Crippen LogP contribution in [-0.4, -0.2) is 49.8 Å². The topological polar surface area (TPSA) is 40.6 Å². The van der Waals surface area contributed by atoms with Gasteiger partial charge in [0.2, 0.25) is 10.0 Å². The first-order chi connectivity index (χ1) is 9.50. The molecule has 0 aliphatic carbocycles. The van der Waals surface area contributed by atoms with Crippen molar-refractivity contribution in [3.8, 4) is 0 Å². The second kappa shape index (κ2) is 6.56. The summed E-state index contributed by atoms with van der Waals surface area (Å²) in [5, 5.41) is 0. The van der Waals surface area contributed by atoms with E-state index in [0.717, 1.165) is 19.5 Å². The Bertz CT molecular complexity index is 558. The molecule has 6 heteroatoms. The van der Waals surface area contributed by atoms with Crippen molar-refractivity contribution in [2.75, 3.05) is 26.2 Å². The van der Waals surface area contributed by atoms with Crippen LogP contribution in [0.1, 0.15) is 20.3 Å². The smallest absolute Gasteiger partial charge is 0.244 e. The Hall–Kier alpha value is -0.430. The standard InChI is InChI=1S/C14H21BrN2O2S/c1-3-16(4-2)12-9-10-17(11-12)20(18,19)14-8-6-5-7-13(14)15/h5-8,12H,3-4,9-11H2,1-2H3. The van der Waals surface area contributed by atoms with Crippen molar-refractivity contribution in [2.24, 2.45) is 0 Å². The maximum absolute atomic E-state index is 12.7. The Morgan fingerprint density at radius 2 is 1.95 bits per heavy atom. The Morgan fingerprint density at radius 3 is 2.55 bits per heavy atom. The Labute approximate surface area is 129 Å². The fourth-order valence-corrected chi connectivity index (χ4v) is 5.22. The van der Waals surface area contributed by atoms with E-state index in [1.165, 1.54) is 0 Å². The van der Waals surface area contributed by atoms with Crippen LogP contribution < -0.4 is 0 Å². The molecule has 1 heterocycles. The Morgan fingerprint density at radius 1 is 1.30 bits per heavy atom. The summed E-state index contributed by atoms with van der Waals surface area (Å²) in [4.78, 5) is 2.69. The summed E-state index contributed by atoms with van der Waals surface area (Å²) in [6.07, 6.45) is 0.908. The van der Waals surface area contributed by atoms with E-state index in [2.05, 4.69) is 34.7 Å². The summed E-state index contributed by atoms with van der Waals surface area (Å²) in [6.45, 7) is 7.35. The maximum Gasteiger partial charge on any atom is 0.244 e. The number of sulfonamides is 1. The number of halogens is 1. The van der Waals surface area contributed by atoms with Crippen LogP contribution in [0.25, 0.3) is 0 Å². The summed E-state index contributed by atoms with van der Waals surface area (Å²) >= 11 is 3.33. The molecule has 1 saturated heterocycles. The monoisotopic (exact) mass is 360 g/mol. The molecule has 0 spiro atoms. The van der Waals surface area contributed by atoms with Gasteiger partial charge in [-0.3, -0.25) is 4.90 Å². The first-order valence-corrected chi connectivity index (χ1v) is 9.22. The van der Waals surface area contributed by atoms with Gasteiger partial charge in [0.25, 0.3) is 0 Å². The first kappa shape index (κ1) is 15.9.